The van der Waals surface area contributed by atoms with Crippen LogP contribution in [0, 0.1) is 12.8 Å². The van der Waals surface area contributed by atoms with Gasteiger partial charge < -0.3 is 10.5 Å². The maximum Gasteiger partial charge on any atom is 0.0772 e. The molecule has 2 aliphatic rings. The highest BCUT2D eigenvalue weighted by molar-refractivity contribution is 7.05. The Morgan fingerprint density at radius 2 is 2.22 bits per heavy atom. The average molecular weight is 267 g/mol. The predicted octanol–water partition coefficient (Wildman–Crippen LogP) is 2.59. The van der Waals surface area contributed by atoms with Gasteiger partial charge in [0.05, 0.1) is 16.2 Å². The summed E-state index contributed by atoms with van der Waals surface area (Å²) < 4.78 is 10.1. The van der Waals surface area contributed by atoms with E-state index in [9.17, 15) is 0 Å². The molecule has 3 rings (SSSR count). The van der Waals surface area contributed by atoms with Crippen molar-refractivity contribution in [3.8, 4) is 0 Å². The summed E-state index contributed by atoms with van der Waals surface area (Å²) in [6, 6.07) is 0.0892. The van der Waals surface area contributed by atoms with Crippen LogP contribution in [-0.2, 0) is 4.74 Å². The second-order valence-corrected chi connectivity index (χ2v) is 6.53. The number of aryl methyl sites for hydroxylation is 1. The molecule has 2 atom stereocenters. The third kappa shape index (κ3) is 2.19. The molecule has 1 spiro atoms. The number of nitrogens with zero attached hydrogens (tertiary/aromatic N) is 2. The SMILES string of the molecule is Cc1nnsc1C(N)C1CCOC2(CCCC2)C1. The van der Waals surface area contributed by atoms with Crippen LogP contribution in [0.1, 0.15) is 55.1 Å². The molecular weight excluding hydrogens is 246 g/mol. The van der Waals surface area contributed by atoms with Gasteiger partial charge in [-0.2, -0.15) is 0 Å². The molecule has 18 heavy (non-hydrogen) atoms. The summed E-state index contributed by atoms with van der Waals surface area (Å²) in [6.45, 7) is 2.87. The number of ether oxygens (including phenoxy) is 1. The maximum atomic E-state index is 6.44. The zero-order valence-corrected chi connectivity index (χ0v) is 11.7. The van der Waals surface area contributed by atoms with Crippen LogP contribution in [0.15, 0.2) is 0 Å². The van der Waals surface area contributed by atoms with Gasteiger partial charge in [0, 0.05) is 12.6 Å². The van der Waals surface area contributed by atoms with E-state index in [4.69, 9.17) is 10.5 Å². The molecule has 4 nitrogen and oxygen atoms in total. The molecule has 0 radical (unpaired) electrons. The quantitative estimate of drug-likeness (QED) is 0.894. The van der Waals surface area contributed by atoms with Gasteiger partial charge in [-0.1, -0.05) is 17.3 Å². The Labute approximate surface area is 112 Å². The van der Waals surface area contributed by atoms with Gasteiger partial charge >= 0.3 is 0 Å². The Kier molecular flexibility index (Phi) is 3.38. The highest BCUT2D eigenvalue weighted by atomic mass is 32.1. The van der Waals surface area contributed by atoms with Crippen molar-refractivity contribution >= 4 is 11.5 Å². The van der Waals surface area contributed by atoms with Gasteiger partial charge in [0.25, 0.3) is 0 Å². The fourth-order valence-electron chi connectivity index (χ4n) is 3.50. The van der Waals surface area contributed by atoms with E-state index in [1.807, 2.05) is 6.92 Å². The van der Waals surface area contributed by atoms with E-state index in [0.29, 0.717) is 5.92 Å². The molecular formula is C13H21N3OS. The molecule has 1 aliphatic carbocycles. The number of hydrogen-bond donors (Lipinski definition) is 1. The lowest BCUT2D eigenvalue weighted by Crippen LogP contribution is -2.40. The van der Waals surface area contributed by atoms with Crippen LogP contribution < -0.4 is 5.73 Å². The number of rotatable bonds is 2. The summed E-state index contributed by atoms with van der Waals surface area (Å²) in [4.78, 5) is 1.16. The van der Waals surface area contributed by atoms with Crippen molar-refractivity contribution in [3.05, 3.63) is 10.6 Å². The second kappa shape index (κ2) is 4.87. The van der Waals surface area contributed by atoms with Crippen LogP contribution >= 0.6 is 11.5 Å². The Hall–Kier alpha value is -0.520. The fourth-order valence-corrected chi connectivity index (χ4v) is 4.24. The van der Waals surface area contributed by atoms with Crippen molar-refractivity contribution in [2.45, 2.75) is 57.1 Å². The van der Waals surface area contributed by atoms with Gasteiger partial charge in [-0.05, 0) is 50.1 Å². The summed E-state index contributed by atoms with van der Waals surface area (Å²) in [5, 5.41) is 4.08. The molecule has 1 saturated carbocycles. The minimum Gasteiger partial charge on any atom is -0.375 e. The lowest BCUT2D eigenvalue weighted by molar-refractivity contribution is -0.0962. The Morgan fingerprint density at radius 1 is 1.44 bits per heavy atom. The van der Waals surface area contributed by atoms with Crippen LogP contribution in [0.2, 0.25) is 0 Å². The molecule has 2 unspecified atom stereocenters. The van der Waals surface area contributed by atoms with Gasteiger partial charge in [-0.25, -0.2) is 0 Å². The summed E-state index contributed by atoms with van der Waals surface area (Å²) >= 11 is 1.46. The molecule has 2 heterocycles. The van der Waals surface area contributed by atoms with Crippen molar-refractivity contribution in [2.24, 2.45) is 11.7 Å². The molecule has 1 aromatic rings. The maximum absolute atomic E-state index is 6.44. The first-order valence-electron chi connectivity index (χ1n) is 6.89. The Bertz CT molecular complexity index is 414. The highest BCUT2D eigenvalue weighted by Crippen LogP contribution is 2.45. The van der Waals surface area contributed by atoms with E-state index in [1.54, 1.807) is 0 Å². The van der Waals surface area contributed by atoms with Crippen LogP contribution in [0.5, 0.6) is 0 Å². The molecule has 0 bridgehead atoms. The van der Waals surface area contributed by atoms with Crippen molar-refractivity contribution < 1.29 is 4.74 Å². The van der Waals surface area contributed by atoms with Gasteiger partial charge in [0.15, 0.2) is 0 Å². The predicted molar refractivity (Wildman–Crippen MR) is 71.4 cm³/mol. The fraction of sp³-hybridized carbons (Fsp3) is 0.846. The molecule has 2 fully saturated rings. The largest absolute Gasteiger partial charge is 0.375 e. The lowest BCUT2D eigenvalue weighted by Gasteiger charge is -2.40. The highest BCUT2D eigenvalue weighted by Gasteiger charge is 2.42. The van der Waals surface area contributed by atoms with Crippen LogP contribution in [0.4, 0.5) is 0 Å². The topological polar surface area (TPSA) is 61.0 Å². The molecule has 0 amide bonds. The van der Waals surface area contributed by atoms with E-state index in [-0.39, 0.29) is 11.6 Å². The first-order chi connectivity index (χ1) is 8.70. The van der Waals surface area contributed by atoms with E-state index < -0.39 is 0 Å². The normalized spacial score (nSPS) is 28.7. The summed E-state index contributed by atoms with van der Waals surface area (Å²) in [6.07, 6.45) is 7.24. The third-order valence-electron chi connectivity index (χ3n) is 4.54. The molecule has 0 aromatic carbocycles. The lowest BCUT2D eigenvalue weighted by atomic mass is 9.80. The molecule has 1 aliphatic heterocycles. The minimum absolute atomic E-state index is 0.0892. The van der Waals surface area contributed by atoms with E-state index >= 15 is 0 Å². The standard InChI is InChI=1S/C13H21N3OS/c1-9-12(18-16-15-9)11(14)10-4-7-17-13(8-10)5-2-3-6-13/h10-11H,2-8,14H2,1H3. The van der Waals surface area contributed by atoms with Gasteiger partial charge in [0.2, 0.25) is 0 Å². The first-order valence-corrected chi connectivity index (χ1v) is 7.66. The minimum atomic E-state index is 0.0892. The summed E-state index contributed by atoms with van der Waals surface area (Å²) in [5.74, 6) is 0.526. The molecule has 100 valence electrons. The Balaban J connectivity index is 1.74. The third-order valence-corrected chi connectivity index (χ3v) is 5.47. The molecule has 1 aromatic heterocycles. The number of nitrogens with two attached hydrogens (primary N) is 1. The van der Waals surface area contributed by atoms with E-state index in [0.717, 1.165) is 30.0 Å². The smallest absolute Gasteiger partial charge is 0.0772 e. The Morgan fingerprint density at radius 3 is 2.89 bits per heavy atom. The van der Waals surface area contributed by atoms with E-state index in [1.165, 1.54) is 37.2 Å². The van der Waals surface area contributed by atoms with Crippen molar-refractivity contribution in [1.29, 1.82) is 0 Å². The first kappa shape index (κ1) is 12.5. The number of aromatic nitrogens is 2. The van der Waals surface area contributed by atoms with Crippen LogP contribution in [0.3, 0.4) is 0 Å². The van der Waals surface area contributed by atoms with E-state index in [2.05, 4.69) is 9.59 Å². The zero-order chi connectivity index (χ0) is 12.6. The molecule has 1 saturated heterocycles. The average Bonchev–Trinajstić information content (AvgIpc) is 2.98. The van der Waals surface area contributed by atoms with Gasteiger partial charge in [-0.3, -0.25) is 0 Å². The van der Waals surface area contributed by atoms with Crippen molar-refractivity contribution in [2.75, 3.05) is 6.61 Å². The molecule has 5 heteroatoms. The van der Waals surface area contributed by atoms with Crippen LogP contribution in [-0.4, -0.2) is 21.8 Å². The van der Waals surface area contributed by atoms with Crippen molar-refractivity contribution in [1.82, 2.24) is 9.59 Å². The van der Waals surface area contributed by atoms with Crippen molar-refractivity contribution in [3.63, 3.8) is 0 Å². The second-order valence-electron chi connectivity index (χ2n) is 5.74. The molecule has 2 N–H and O–H groups in total. The zero-order valence-electron chi connectivity index (χ0n) is 10.9. The van der Waals surface area contributed by atoms with Crippen LogP contribution in [0.25, 0.3) is 0 Å². The van der Waals surface area contributed by atoms with Gasteiger partial charge in [0.1, 0.15) is 0 Å². The summed E-state index contributed by atoms with van der Waals surface area (Å²) in [5.41, 5.74) is 7.59. The van der Waals surface area contributed by atoms with Gasteiger partial charge in [-0.15, -0.1) is 5.10 Å². The monoisotopic (exact) mass is 267 g/mol. The number of hydrogen-bond acceptors (Lipinski definition) is 5. The summed E-state index contributed by atoms with van der Waals surface area (Å²) in [7, 11) is 0.